The molecule has 0 spiro atoms. The van der Waals surface area contributed by atoms with Crippen LogP contribution >= 0.6 is 11.8 Å². The first-order chi connectivity index (χ1) is 15.6. The number of anilines is 2. The van der Waals surface area contributed by atoms with Crippen molar-refractivity contribution in [3.8, 4) is 0 Å². The minimum absolute atomic E-state index is 0.188. The molecule has 7 heteroatoms. The van der Waals surface area contributed by atoms with Gasteiger partial charge in [-0.2, -0.15) is 15.2 Å². The van der Waals surface area contributed by atoms with Gasteiger partial charge in [-0.25, -0.2) is 5.01 Å². The lowest BCUT2D eigenvalue weighted by molar-refractivity contribution is -0.114. The van der Waals surface area contributed by atoms with Gasteiger partial charge in [0.25, 0.3) is 5.91 Å². The van der Waals surface area contributed by atoms with Crippen molar-refractivity contribution < 1.29 is 9.59 Å². The summed E-state index contributed by atoms with van der Waals surface area (Å²) in [4.78, 5) is 26.5. The summed E-state index contributed by atoms with van der Waals surface area (Å²) in [6.45, 7) is 1.80. The summed E-state index contributed by atoms with van der Waals surface area (Å²) in [5.74, 6) is -0.437. The highest BCUT2D eigenvalue weighted by molar-refractivity contribution is 8.19. The summed E-state index contributed by atoms with van der Waals surface area (Å²) < 4.78 is 0. The highest BCUT2D eigenvalue weighted by Crippen LogP contribution is 2.40. The van der Waals surface area contributed by atoms with Crippen LogP contribution < -0.4 is 10.0 Å². The molecular formula is C25H18N4O2S. The topological polar surface area (TPSA) is 65.3 Å². The number of ketones is 1. The van der Waals surface area contributed by atoms with Crippen LogP contribution in [0, 0.1) is 0 Å². The third-order valence-corrected chi connectivity index (χ3v) is 6.07. The monoisotopic (exact) mass is 438 g/mol. The largest absolute Gasteiger partial charge is 0.286 e. The highest BCUT2D eigenvalue weighted by Gasteiger charge is 2.38. The molecule has 2 aliphatic heterocycles. The zero-order valence-electron chi connectivity index (χ0n) is 17.2. The average molecular weight is 439 g/mol. The van der Waals surface area contributed by atoms with Crippen molar-refractivity contribution in [2.45, 2.75) is 6.92 Å². The smallest absolute Gasteiger partial charge is 0.283 e. The highest BCUT2D eigenvalue weighted by atomic mass is 32.2. The van der Waals surface area contributed by atoms with E-state index in [1.807, 2.05) is 78.9 Å². The number of para-hydroxylation sites is 2. The molecule has 2 aliphatic rings. The van der Waals surface area contributed by atoms with Gasteiger partial charge in [-0.1, -0.05) is 66.7 Å². The molecule has 156 valence electrons. The van der Waals surface area contributed by atoms with Crippen LogP contribution in [0.1, 0.15) is 17.3 Å². The van der Waals surface area contributed by atoms with Gasteiger partial charge < -0.3 is 0 Å². The van der Waals surface area contributed by atoms with E-state index in [9.17, 15) is 9.59 Å². The predicted molar refractivity (Wildman–Crippen MR) is 129 cm³/mol. The molecule has 0 fully saturated rings. The first kappa shape index (κ1) is 20.0. The molecule has 0 bridgehead atoms. The predicted octanol–water partition coefficient (Wildman–Crippen LogP) is 5.07. The van der Waals surface area contributed by atoms with Crippen LogP contribution in [0.5, 0.6) is 0 Å². The zero-order chi connectivity index (χ0) is 22.1. The lowest BCUT2D eigenvalue weighted by Gasteiger charge is -2.17. The quantitative estimate of drug-likeness (QED) is 0.421. The Labute approximate surface area is 189 Å². The molecule has 0 unspecified atom stereocenters. The molecule has 6 nitrogen and oxygen atoms in total. The van der Waals surface area contributed by atoms with Crippen molar-refractivity contribution in [1.29, 1.82) is 0 Å². The summed E-state index contributed by atoms with van der Waals surface area (Å²) in [7, 11) is 0. The Morgan fingerprint density at radius 2 is 1.28 bits per heavy atom. The molecule has 0 radical (unpaired) electrons. The number of nitrogens with zero attached hydrogens (tertiary/aromatic N) is 4. The first-order valence-electron chi connectivity index (χ1n) is 10.0. The Balaban J connectivity index is 1.58. The van der Waals surface area contributed by atoms with Gasteiger partial charge in [0.15, 0.2) is 5.04 Å². The van der Waals surface area contributed by atoms with E-state index in [-0.39, 0.29) is 11.7 Å². The second-order valence-electron chi connectivity index (χ2n) is 7.17. The normalized spacial score (nSPS) is 18.1. The fraction of sp³-hybridized carbons (Fsp3) is 0.0400. The fourth-order valence-corrected chi connectivity index (χ4v) is 4.58. The Hall–Kier alpha value is -3.97. The molecule has 5 rings (SSSR count). The van der Waals surface area contributed by atoms with Crippen molar-refractivity contribution in [3.05, 3.63) is 107 Å². The van der Waals surface area contributed by atoms with Gasteiger partial charge in [0.2, 0.25) is 5.78 Å². The molecule has 32 heavy (non-hydrogen) atoms. The maximum Gasteiger partial charge on any atom is 0.283 e. The lowest BCUT2D eigenvalue weighted by atomic mass is 10.1. The minimum atomic E-state index is -0.249. The standard InChI is InChI=1S/C25H18N4O2S/c1-17-21(24(31)28(26-17)19-13-7-3-8-14-19)25-29(20-15-9-4-10-16-20)27-23(32-25)22(30)18-11-5-2-6-12-18/h2-16H,1H3/b25-21-. The zero-order valence-corrected chi connectivity index (χ0v) is 18.0. The molecule has 3 aromatic carbocycles. The summed E-state index contributed by atoms with van der Waals surface area (Å²) in [6, 6.07) is 27.8. The maximum atomic E-state index is 13.4. The van der Waals surface area contributed by atoms with E-state index in [2.05, 4.69) is 10.2 Å². The number of amides is 1. The van der Waals surface area contributed by atoms with Crippen molar-refractivity contribution in [2.75, 3.05) is 10.0 Å². The van der Waals surface area contributed by atoms with E-state index in [0.29, 0.717) is 32.6 Å². The first-order valence-corrected chi connectivity index (χ1v) is 10.9. The number of Topliss-reactive ketones (excluding diaryl/α,β-unsaturated/α-hetero) is 1. The van der Waals surface area contributed by atoms with Crippen LogP contribution in [0.25, 0.3) is 0 Å². The number of hydrogen-bond acceptors (Lipinski definition) is 6. The van der Waals surface area contributed by atoms with Crippen molar-refractivity contribution in [2.24, 2.45) is 10.2 Å². The Kier molecular flexibility index (Phi) is 5.17. The fourth-order valence-electron chi connectivity index (χ4n) is 3.49. The van der Waals surface area contributed by atoms with Crippen molar-refractivity contribution >= 4 is 45.6 Å². The van der Waals surface area contributed by atoms with Gasteiger partial charge >= 0.3 is 0 Å². The van der Waals surface area contributed by atoms with Gasteiger partial charge in [-0.3, -0.25) is 9.59 Å². The SMILES string of the molecule is CC1=NN(c2ccccc2)C(=O)/C1=C1\SC(C(=O)c2ccccc2)=NN1c1ccccc1. The third kappa shape index (κ3) is 3.52. The second kappa shape index (κ2) is 8.28. The van der Waals surface area contributed by atoms with E-state index >= 15 is 0 Å². The number of carbonyl (C=O) groups is 2. The number of rotatable bonds is 4. The van der Waals surface area contributed by atoms with Gasteiger partial charge in [0.1, 0.15) is 5.03 Å². The Morgan fingerprint density at radius 1 is 0.750 bits per heavy atom. The van der Waals surface area contributed by atoms with Crippen molar-refractivity contribution in [1.82, 2.24) is 0 Å². The summed E-state index contributed by atoms with van der Waals surface area (Å²) in [5.41, 5.74) is 3.00. The molecule has 0 atom stereocenters. The number of hydrazone groups is 2. The molecule has 3 aromatic rings. The molecule has 0 N–H and O–H groups in total. The number of thioether (sulfide) groups is 1. The minimum Gasteiger partial charge on any atom is -0.286 e. The molecule has 1 amide bonds. The Morgan fingerprint density at radius 3 is 1.88 bits per heavy atom. The van der Waals surface area contributed by atoms with Gasteiger partial charge in [-0.05, 0) is 43.0 Å². The summed E-state index contributed by atoms with van der Waals surface area (Å²) >= 11 is 1.20. The molecule has 2 heterocycles. The van der Waals surface area contributed by atoms with Crippen LogP contribution in [-0.4, -0.2) is 22.4 Å². The summed E-state index contributed by atoms with van der Waals surface area (Å²) in [6.07, 6.45) is 0. The Bertz CT molecular complexity index is 1290. The third-order valence-electron chi connectivity index (χ3n) is 5.04. The van der Waals surface area contributed by atoms with E-state index < -0.39 is 0 Å². The number of hydrogen-bond donors (Lipinski definition) is 0. The maximum absolute atomic E-state index is 13.4. The average Bonchev–Trinajstić information content (AvgIpc) is 3.40. The number of benzene rings is 3. The number of carbonyl (C=O) groups excluding carboxylic acids is 2. The van der Waals surface area contributed by atoms with Crippen LogP contribution in [0.4, 0.5) is 11.4 Å². The van der Waals surface area contributed by atoms with Gasteiger partial charge in [-0.15, -0.1) is 0 Å². The molecule has 0 aromatic heterocycles. The molecule has 0 saturated heterocycles. The van der Waals surface area contributed by atoms with Crippen LogP contribution in [-0.2, 0) is 4.79 Å². The van der Waals surface area contributed by atoms with E-state index in [1.165, 1.54) is 16.8 Å². The molecule has 0 saturated carbocycles. The lowest BCUT2D eigenvalue weighted by Crippen LogP contribution is -2.24. The second-order valence-corrected chi connectivity index (χ2v) is 8.15. The van der Waals surface area contributed by atoms with Crippen LogP contribution in [0.3, 0.4) is 0 Å². The summed E-state index contributed by atoms with van der Waals surface area (Å²) in [5, 5.41) is 13.0. The van der Waals surface area contributed by atoms with Gasteiger partial charge in [0, 0.05) is 5.56 Å². The van der Waals surface area contributed by atoms with E-state index in [0.717, 1.165) is 5.69 Å². The van der Waals surface area contributed by atoms with Gasteiger partial charge in [0.05, 0.1) is 22.7 Å². The van der Waals surface area contributed by atoms with E-state index in [4.69, 9.17) is 0 Å². The molecule has 0 aliphatic carbocycles. The molecular weight excluding hydrogens is 420 g/mol. The van der Waals surface area contributed by atoms with E-state index in [1.54, 1.807) is 24.1 Å². The van der Waals surface area contributed by atoms with Crippen LogP contribution in [0.2, 0.25) is 0 Å². The van der Waals surface area contributed by atoms with Crippen LogP contribution in [0.15, 0.2) is 112 Å². The van der Waals surface area contributed by atoms with Crippen molar-refractivity contribution in [3.63, 3.8) is 0 Å².